The van der Waals surface area contributed by atoms with Gasteiger partial charge in [-0.05, 0) is 56.7 Å². The predicted octanol–water partition coefficient (Wildman–Crippen LogP) is 4.26. The van der Waals surface area contributed by atoms with Crippen molar-refractivity contribution < 1.29 is 4.79 Å². The van der Waals surface area contributed by atoms with Crippen molar-refractivity contribution in [3.8, 4) is 0 Å². The lowest BCUT2D eigenvalue weighted by molar-refractivity contribution is -0.119. The van der Waals surface area contributed by atoms with Crippen LogP contribution in [0.4, 0.5) is 5.69 Å². The molecule has 0 N–H and O–H groups in total. The van der Waals surface area contributed by atoms with Gasteiger partial charge in [0.1, 0.15) is 5.82 Å². The van der Waals surface area contributed by atoms with Gasteiger partial charge in [0.05, 0.1) is 16.8 Å². The van der Waals surface area contributed by atoms with Crippen LogP contribution in [-0.2, 0) is 17.8 Å². The van der Waals surface area contributed by atoms with Gasteiger partial charge in [-0.2, -0.15) is 0 Å². The fourth-order valence-electron chi connectivity index (χ4n) is 4.05. The van der Waals surface area contributed by atoms with Gasteiger partial charge in [-0.15, -0.1) is 0 Å². The standard InChI is InChI=1S/C22H22BrN3O2/c1-4-25-20(24-18-8-6-5-7-15(18)21(25)27)12-17-16-11-14(23)9-10-19(16)26(13(2)3)22(17)28/h5-11,13,17H,4,12H2,1-3H3. The maximum atomic E-state index is 13.3. The Morgan fingerprint density at radius 3 is 2.61 bits per heavy atom. The summed E-state index contributed by atoms with van der Waals surface area (Å²) in [6.07, 6.45) is 0.402. The van der Waals surface area contributed by atoms with Crippen LogP contribution in [0.3, 0.4) is 0 Å². The molecule has 0 radical (unpaired) electrons. The zero-order chi connectivity index (χ0) is 20.0. The van der Waals surface area contributed by atoms with Crippen molar-refractivity contribution in [1.82, 2.24) is 9.55 Å². The summed E-state index contributed by atoms with van der Waals surface area (Å²) in [5.41, 5.74) is 2.55. The summed E-state index contributed by atoms with van der Waals surface area (Å²) in [5, 5.41) is 0.609. The Kier molecular flexibility index (Phi) is 4.83. The number of rotatable bonds is 4. The van der Waals surface area contributed by atoms with Crippen LogP contribution in [-0.4, -0.2) is 21.5 Å². The van der Waals surface area contributed by atoms with Crippen molar-refractivity contribution >= 4 is 38.4 Å². The van der Waals surface area contributed by atoms with E-state index in [4.69, 9.17) is 4.98 Å². The molecular formula is C22H22BrN3O2. The first-order valence-electron chi connectivity index (χ1n) is 9.53. The highest BCUT2D eigenvalue weighted by Crippen LogP contribution is 2.41. The van der Waals surface area contributed by atoms with E-state index in [0.29, 0.717) is 29.7 Å². The number of para-hydroxylation sites is 1. The molecule has 0 spiro atoms. The summed E-state index contributed by atoms with van der Waals surface area (Å²) in [4.78, 5) is 32.8. The topological polar surface area (TPSA) is 55.2 Å². The number of hydrogen-bond donors (Lipinski definition) is 0. The second-order valence-corrected chi connectivity index (χ2v) is 8.27. The van der Waals surface area contributed by atoms with Gasteiger partial charge in [-0.25, -0.2) is 4.98 Å². The van der Waals surface area contributed by atoms with Crippen LogP contribution in [0.2, 0.25) is 0 Å². The number of fused-ring (bicyclic) bond motifs is 2. The minimum absolute atomic E-state index is 0.0521. The average molecular weight is 440 g/mol. The van der Waals surface area contributed by atoms with Crippen LogP contribution in [0.15, 0.2) is 51.7 Å². The fraction of sp³-hybridized carbons (Fsp3) is 0.318. The molecule has 0 fully saturated rings. The lowest BCUT2D eigenvalue weighted by Crippen LogP contribution is -2.36. The van der Waals surface area contributed by atoms with Gasteiger partial charge in [0.2, 0.25) is 5.91 Å². The van der Waals surface area contributed by atoms with Crippen LogP contribution in [0, 0.1) is 0 Å². The molecule has 2 aromatic carbocycles. The van der Waals surface area contributed by atoms with Crippen molar-refractivity contribution in [2.45, 2.75) is 45.7 Å². The number of carbonyl (C=O) groups excluding carboxylic acids is 1. The van der Waals surface area contributed by atoms with E-state index >= 15 is 0 Å². The first-order chi connectivity index (χ1) is 13.4. The number of aromatic nitrogens is 2. The van der Waals surface area contributed by atoms with Gasteiger partial charge in [-0.1, -0.05) is 28.1 Å². The highest BCUT2D eigenvalue weighted by Gasteiger charge is 2.39. The lowest BCUT2D eigenvalue weighted by Gasteiger charge is -2.22. The van der Waals surface area contributed by atoms with E-state index in [1.165, 1.54) is 0 Å². The number of amides is 1. The first-order valence-corrected chi connectivity index (χ1v) is 10.3. The molecule has 2 heterocycles. The van der Waals surface area contributed by atoms with Crippen LogP contribution >= 0.6 is 15.9 Å². The Bertz CT molecular complexity index is 1140. The molecule has 5 nitrogen and oxygen atoms in total. The molecule has 28 heavy (non-hydrogen) atoms. The highest BCUT2D eigenvalue weighted by molar-refractivity contribution is 9.10. The Hall–Kier alpha value is -2.47. The van der Waals surface area contributed by atoms with Crippen LogP contribution in [0.1, 0.15) is 38.1 Å². The molecule has 1 amide bonds. The SMILES string of the molecule is CCn1c(CC2C(=O)N(C(C)C)c3ccc(Br)cc32)nc2ccccc2c1=O. The molecule has 1 atom stereocenters. The summed E-state index contributed by atoms with van der Waals surface area (Å²) in [6, 6.07) is 13.4. The number of hydrogen-bond acceptors (Lipinski definition) is 3. The summed E-state index contributed by atoms with van der Waals surface area (Å²) in [5.74, 6) is 0.370. The number of nitrogens with zero attached hydrogens (tertiary/aromatic N) is 3. The van der Waals surface area contributed by atoms with E-state index in [2.05, 4.69) is 15.9 Å². The maximum absolute atomic E-state index is 13.3. The molecule has 3 aromatic rings. The Morgan fingerprint density at radius 2 is 1.89 bits per heavy atom. The predicted molar refractivity (Wildman–Crippen MR) is 115 cm³/mol. The van der Waals surface area contributed by atoms with Crippen molar-refractivity contribution in [3.05, 3.63) is 68.7 Å². The van der Waals surface area contributed by atoms with E-state index in [1.54, 1.807) is 10.6 Å². The molecule has 144 valence electrons. The Labute approximate surface area is 172 Å². The minimum atomic E-state index is -0.347. The molecular weight excluding hydrogens is 418 g/mol. The third-order valence-electron chi connectivity index (χ3n) is 5.32. The molecule has 1 unspecified atom stereocenters. The number of carbonyl (C=O) groups is 1. The summed E-state index contributed by atoms with van der Waals surface area (Å²) < 4.78 is 2.62. The lowest BCUT2D eigenvalue weighted by atomic mass is 9.96. The summed E-state index contributed by atoms with van der Waals surface area (Å²) in [6.45, 7) is 6.49. The molecule has 1 aliphatic rings. The zero-order valence-corrected chi connectivity index (χ0v) is 17.7. The third kappa shape index (κ3) is 2.96. The first kappa shape index (κ1) is 18.9. The van der Waals surface area contributed by atoms with Crippen LogP contribution in [0.5, 0.6) is 0 Å². The van der Waals surface area contributed by atoms with E-state index in [9.17, 15) is 9.59 Å². The van der Waals surface area contributed by atoms with Crippen molar-refractivity contribution in [2.24, 2.45) is 0 Å². The molecule has 6 heteroatoms. The molecule has 1 aromatic heterocycles. The summed E-state index contributed by atoms with van der Waals surface area (Å²) in [7, 11) is 0. The monoisotopic (exact) mass is 439 g/mol. The molecule has 1 aliphatic heterocycles. The highest BCUT2D eigenvalue weighted by atomic mass is 79.9. The molecule has 4 rings (SSSR count). The van der Waals surface area contributed by atoms with Gasteiger partial charge in [0.15, 0.2) is 0 Å². The van der Waals surface area contributed by atoms with Gasteiger partial charge in [0, 0.05) is 29.2 Å². The fourth-order valence-corrected chi connectivity index (χ4v) is 4.43. The Balaban J connectivity index is 1.85. The second-order valence-electron chi connectivity index (χ2n) is 7.36. The molecule has 0 saturated heterocycles. The normalized spacial score (nSPS) is 16.2. The van der Waals surface area contributed by atoms with Crippen molar-refractivity contribution in [1.29, 1.82) is 0 Å². The Morgan fingerprint density at radius 1 is 1.14 bits per heavy atom. The van der Waals surface area contributed by atoms with E-state index in [-0.39, 0.29) is 23.4 Å². The number of benzene rings is 2. The van der Waals surface area contributed by atoms with Gasteiger partial charge in [0.25, 0.3) is 5.56 Å². The van der Waals surface area contributed by atoms with Gasteiger partial charge in [-0.3, -0.25) is 14.2 Å². The summed E-state index contributed by atoms with van der Waals surface area (Å²) >= 11 is 3.53. The quantitative estimate of drug-likeness (QED) is 0.609. The van der Waals surface area contributed by atoms with E-state index < -0.39 is 0 Å². The third-order valence-corrected chi connectivity index (χ3v) is 5.81. The van der Waals surface area contributed by atoms with Gasteiger partial charge >= 0.3 is 0 Å². The number of halogens is 1. The molecule has 0 aliphatic carbocycles. The van der Waals surface area contributed by atoms with Crippen molar-refractivity contribution in [3.63, 3.8) is 0 Å². The number of anilines is 1. The second kappa shape index (κ2) is 7.17. The zero-order valence-electron chi connectivity index (χ0n) is 16.1. The smallest absolute Gasteiger partial charge is 0.261 e. The van der Waals surface area contributed by atoms with E-state index in [1.807, 2.05) is 62.1 Å². The van der Waals surface area contributed by atoms with Crippen LogP contribution in [0.25, 0.3) is 10.9 Å². The minimum Gasteiger partial charge on any atom is -0.309 e. The molecule has 0 saturated carbocycles. The van der Waals surface area contributed by atoms with Crippen LogP contribution < -0.4 is 10.5 Å². The average Bonchev–Trinajstić information content (AvgIpc) is 2.93. The molecule has 0 bridgehead atoms. The maximum Gasteiger partial charge on any atom is 0.261 e. The van der Waals surface area contributed by atoms with E-state index in [0.717, 1.165) is 15.7 Å². The van der Waals surface area contributed by atoms with Gasteiger partial charge < -0.3 is 4.90 Å². The van der Waals surface area contributed by atoms with Crippen molar-refractivity contribution in [2.75, 3.05) is 4.90 Å². The largest absolute Gasteiger partial charge is 0.309 e.